The number of alkyl halides is 3. The topological polar surface area (TPSA) is 75.7 Å². The first-order chi connectivity index (χ1) is 12.1. The van der Waals surface area contributed by atoms with Crippen LogP contribution in [0, 0.1) is 0 Å². The van der Waals surface area contributed by atoms with Crippen molar-refractivity contribution in [2.24, 2.45) is 0 Å². The fraction of sp³-hybridized carbons (Fsp3) is 0.267. The van der Waals surface area contributed by atoms with E-state index >= 15 is 0 Å². The van der Waals surface area contributed by atoms with Gasteiger partial charge in [-0.05, 0) is 29.1 Å². The zero-order valence-corrected chi connectivity index (χ0v) is 15.1. The highest BCUT2D eigenvalue weighted by Crippen LogP contribution is 2.23. The minimum Gasteiger partial charge on any atom is -0.406 e. The summed E-state index contributed by atoms with van der Waals surface area (Å²) in [7, 11) is -2.44. The fourth-order valence-electron chi connectivity index (χ4n) is 1.92. The number of carbonyl (C=O) groups is 1. The van der Waals surface area contributed by atoms with Crippen molar-refractivity contribution >= 4 is 27.3 Å². The molecule has 6 nitrogen and oxygen atoms in total. The van der Waals surface area contributed by atoms with Crippen molar-refractivity contribution in [3.8, 4) is 5.75 Å². The van der Waals surface area contributed by atoms with Crippen LogP contribution in [0.15, 0.2) is 46.0 Å². The molecule has 2 aromatic rings. The Bertz CT molecular complexity index is 835. The van der Waals surface area contributed by atoms with Crippen LogP contribution < -0.4 is 10.1 Å². The molecule has 0 aliphatic heterocycles. The standard InChI is InChI=1S/C15H15F3N2O4S2/c1-20(26(22,23)14-3-2-8-25-14)10-13(21)19-9-11-4-6-12(7-5-11)24-15(16,17)18/h2-8H,9-10H2,1H3,(H,19,21). The van der Waals surface area contributed by atoms with E-state index < -0.39 is 22.3 Å². The lowest BCUT2D eigenvalue weighted by Crippen LogP contribution is -2.37. The summed E-state index contributed by atoms with van der Waals surface area (Å²) in [6.45, 7) is -0.340. The van der Waals surface area contributed by atoms with E-state index in [0.717, 1.165) is 27.8 Å². The molecule has 0 fully saturated rings. The smallest absolute Gasteiger partial charge is 0.406 e. The Kier molecular flexibility index (Phi) is 6.26. The number of rotatable bonds is 7. The van der Waals surface area contributed by atoms with Crippen LogP contribution in [0.1, 0.15) is 5.56 Å². The summed E-state index contributed by atoms with van der Waals surface area (Å²) >= 11 is 1.05. The van der Waals surface area contributed by atoms with E-state index in [1.54, 1.807) is 11.4 Å². The number of sulfonamides is 1. The number of hydrogen-bond acceptors (Lipinski definition) is 5. The predicted molar refractivity (Wildman–Crippen MR) is 89.1 cm³/mol. The minimum absolute atomic E-state index is 0.0397. The molecular weight excluding hydrogens is 393 g/mol. The number of benzene rings is 1. The third-order valence-electron chi connectivity index (χ3n) is 3.17. The molecule has 11 heteroatoms. The fourth-order valence-corrected chi connectivity index (χ4v) is 4.24. The summed E-state index contributed by atoms with van der Waals surface area (Å²) < 4.78 is 65.5. The van der Waals surface area contributed by atoms with Crippen molar-refractivity contribution < 1.29 is 31.1 Å². The second-order valence-corrected chi connectivity index (χ2v) is 8.38. The van der Waals surface area contributed by atoms with E-state index in [1.807, 2.05) is 0 Å². The van der Waals surface area contributed by atoms with Gasteiger partial charge in [0.2, 0.25) is 5.91 Å². The van der Waals surface area contributed by atoms with Gasteiger partial charge in [-0.1, -0.05) is 18.2 Å². The zero-order chi connectivity index (χ0) is 19.4. The first-order valence-corrected chi connectivity index (χ1v) is 9.51. The van der Waals surface area contributed by atoms with Gasteiger partial charge in [-0.15, -0.1) is 24.5 Å². The highest BCUT2D eigenvalue weighted by atomic mass is 32.2. The largest absolute Gasteiger partial charge is 0.573 e. The molecule has 1 aromatic heterocycles. The van der Waals surface area contributed by atoms with Crippen LogP contribution in [0.3, 0.4) is 0 Å². The van der Waals surface area contributed by atoms with Gasteiger partial charge in [-0.2, -0.15) is 4.31 Å². The quantitative estimate of drug-likeness (QED) is 0.764. The summed E-state index contributed by atoms with van der Waals surface area (Å²) in [6, 6.07) is 8.03. The summed E-state index contributed by atoms with van der Waals surface area (Å²) in [5.74, 6) is -0.905. The Morgan fingerprint density at radius 1 is 1.23 bits per heavy atom. The van der Waals surface area contributed by atoms with Crippen LogP contribution in [-0.4, -0.2) is 38.6 Å². The van der Waals surface area contributed by atoms with Gasteiger partial charge in [-0.3, -0.25) is 4.79 Å². The Balaban J connectivity index is 1.87. The van der Waals surface area contributed by atoms with E-state index in [1.165, 1.54) is 25.2 Å². The average Bonchev–Trinajstić information content (AvgIpc) is 3.08. The zero-order valence-electron chi connectivity index (χ0n) is 13.5. The SMILES string of the molecule is CN(CC(=O)NCc1ccc(OC(F)(F)F)cc1)S(=O)(=O)c1cccs1. The van der Waals surface area contributed by atoms with Crippen LogP contribution >= 0.6 is 11.3 Å². The normalized spacial score (nSPS) is 12.2. The number of thiophene rings is 1. The number of likely N-dealkylation sites (N-methyl/N-ethyl adjacent to an activating group) is 1. The number of carbonyl (C=O) groups excluding carboxylic acids is 1. The number of nitrogens with zero attached hydrogens (tertiary/aromatic N) is 1. The van der Waals surface area contributed by atoms with E-state index in [2.05, 4.69) is 10.1 Å². The van der Waals surface area contributed by atoms with Crippen LogP contribution in [0.5, 0.6) is 5.75 Å². The summed E-state index contributed by atoms with van der Waals surface area (Å²) in [4.78, 5) is 11.9. The van der Waals surface area contributed by atoms with Gasteiger partial charge in [0.25, 0.3) is 10.0 Å². The molecule has 0 bridgehead atoms. The van der Waals surface area contributed by atoms with Crippen molar-refractivity contribution in [2.45, 2.75) is 17.1 Å². The van der Waals surface area contributed by atoms with Gasteiger partial charge in [0.1, 0.15) is 9.96 Å². The van der Waals surface area contributed by atoms with E-state index in [4.69, 9.17) is 0 Å². The van der Waals surface area contributed by atoms with E-state index in [0.29, 0.717) is 5.56 Å². The lowest BCUT2D eigenvalue weighted by Gasteiger charge is -2.15. The molecule has 0 aliphatic carbocycles. The van der Waals surface area contributed by atoms with Crippen molar-refractivity contribution in [3.05, 3.63) is 47.3 Å². The number of hydrogen-bond donors (Lipinski definition) is 1. The third-order valence-corrected chi connectivity index (χ3v) is 6.35. The van der Waals surface area contributed by atoms with Gasteiger partial charge >= 0.3 is 6.36 Å². The van der Waals surface area contributed by atoms with Gasteiger partial charge in [-0.25, -0.2) is 8.42 Å². The summed E-state index contributed by atoms with van der Waals surface area (Å²) in [5.41, 5.74) is 0.539. The Morgan fingerprint density at radius 2 is 1.88 bits per heavy atom. The maximum absolute atomic E-state index is 12.2. The summed E-state index contributed by atoms with van der Waals surface area (Å²) in [5, 5.41) is 4.13. The van der Waals surface area contributed by atoms with E-state index in [9.17, 15) is 26.4 Å². The maximum atomic E-state index is 12.2. The Morgan fingerprint density at radius 3 is 2.42 bits per heavy atom. The highest BCUT2D eigenvalue weighted by molar-refractivity contribution is 7.91. The van der Waals surface area contributed by atoms with Crippen LogP contribution in [0.2, 0.25) is 0 Å². The molecule has 142 valence electrons. The lowest BCUT2D eigenvalue weighted by atomic mass is 10.2. The second kappa shape index (κ2) is 8.06. The molecule has 1 heterocycles. The monoisotopic (exact) mass is 408 g/mol. The molecule has 26 heavy (non-hydrogen) atoms. The number of halogens is 3. The van der Waals surface area contributed by atoms with Crippen molar-refractivity contribution in [1.82, 2.24) is 9.62 Å². The molecule has 0 unspecified atom stereocenters. The van der Waals surface area contributed by atoms with E-state index in [-0.39, 0.29) is 23.0 Å². The first-order valence-electron chi connectivity index (χ1n) is 7.19. The highest BCUT2D eigenvalue weighted by Gasteiger charge is 2.31. The predicted octanol–water partition coefficient (Wildman–Crippen LogP) is 2.58. The molecule has 0 saturated heterocycles. The molecule has 1 N–H and O–H groups in total. The van der Waals surface area contributed by atoms with Crippen LogP contribution in [0.4, 0.5) is 13.2 Å². The molecular formula is C15H15F3N2O4S2. The summed E-state index contributed by atoms with van der Waals surface area (Å²) in [6.07, 6.45) is -4.77. The van der Waals surface area contributed by atoms with Crippen molar-refractivity contribution in [3.63, 3.8) is 0 Å². The molecule has 0 saturated carbocycles. The number of ether oxygens (including phenoxy) is 1. The van der Waals surface area contributed by atoms with Gasteiger partial charge < -0.3 is 10.1 Å². The molecule has 0 atom stereocenters. The second-order valence-electron chi connectivity index (χ2n) is 5.16. The molecule has 1 amide bonds. The van der Waals surface area contributed by atoms with Gasteiger partial charge in [0, 0.05) is 13.6 Å². The van der Waals surface area contributed by atoms with Crippen LogP contribution in [-0.2, 0) is 21.4 Å². The van der Waals surface area contributed by atoms with Gasteiger partial charge in [0.05, 0.1) is 6.54 Å². The Hall–Kier alpha value is -2.11. The molecule has 0 radical (unpaired) electrons. The minimum atomic E-state index is -4.77. The number of nitrogens with one attached hydrogen (secondary N) is 1. The molecule has 0 spiro atoms. The van der Waals surface area contributed by atoms with Crippen molar-refractivity contribution in [2.75, 3.05) is 13.6 Å². The van der Waals surface area contributed by atoms with Gasteiger partial charge in [0.15, 0.2) is 0 Å². The number of amides is 1. The van der Waals surface area contributed by atoms with Crippen LogP contribution in [0.25, 0.3) is 0 Å². The maximum Gasteiger partial charge on any atom is 0.573 e. The molecule has 1 aromatic carbocycles. The first kappa shape index (κ1) is 20.2. The molecule has 2 rings (SSSR count). The molecule has 0 aliphatic rings. The van der Waals surface area contributed by atoms with Crippen molar-refractivity contribution in [1.29, 1.82) is 0 Å². The average molecular weight is 408 g/mol. The third kappa shape index (κ3) is 5.71. The Labute approximate surface area is 152 Å². The lowest BCUT2D eigenvalue weighted by molar-refractivity contribution is -0.274.